The number of hydrogen-bond donors (Lipinski definition) is 2. The third-order valence-corrected chi connectivity index (χ3v) is 3.61. The topological polar surface area (TPSA) is 96.5 Å². The van der Waals surface area contributed by atoms with Gasteiger partial charge in [-0.25, -0.2) is 4.98 Å². The number of nitrogens with zero attached hydrogens (tertiary/aromatic N) is 2. The molecule has 102 valence electrons. The van der Waals surface area contributed by atoms with E-state index in [1.54, 1.807) is 19.2 Å². The van der Waals surface area contributed by atoms with Gasteiger partial charge < -0.3 is 15.7 Å². The van der Waals surface area contributed by atoms with Gasteiger partial charge in [0, 0.05) is 19.3 Å². The van der Waals surface area contributed by atoms with Gasteiger partial charge >= 0.3 is 5.97 Å². The lowest BCUT2D eigenvalue weighted by atomic mass is 9.99. The summed E-state index contributed by atoms with van der Waals surface area (Å²) < 4.78 is 0. The molecule has 2 atom stereocenters. The quantitative estimate of drug-likeness (QED) is 0.834. The number of aromatic nitrogens is 1. The zero-order valence-electron chi connectivity index (χ0n) is 11.0. The summed E-state index contributed by atoms with van der Waals surface area (Å²) in [6, 6.07) is 1.72. The normalized spacial score (nSPS) is 22.5. The van der Waals surface area contributed by atoms with Crippen LogP contribution in [0.5, 0.6) is 0 Å². The molecule has 0 radical (unpaired) electrons. The molecule has 1 fully saturated rings. The SMILES string of the molecule is Cc1ccnc(N2CC(C)C(C(=O)O)C2)c1C(N)=O. The number of carbonyl (C=O) groups excluding carboxylic acids is 1. The zero-order chi connectivity index (χ0) is 14.2. The fourth-order valence-electron chi connectivity index (χ4n) is 2.55. The molecule has 0 aliphatic carbocycles. The Morgan fingerprint density at radius 1 is 1.47 bits per heavy atom. The fourth-order valence-corrected chi connectivity index (χ4v) is 2.55. The van der Waals surface area contributed by atoms with Gasteiger partial charge in [0.15, 0.2) is 0 Å². The van der Waals surface area contributed by atoms with Crippen LogP contribution in [0.25, 0.3) is 0 Å². The van der Waals surface area contributed by atoms with Crippen LogP contribution in [0.15, 0.2) is 12.3 Å². The average Bonchev–Trinajstić information content (AvgIpc) is 2.70. The van der Waals surface area contributed by atoms with E-state index < -0.39 is 17.8 Å². The number of amides is 1. The van der Waals surface area contributed by atoms with Crippen molar-refractivity contribution >= 4 is 17.7 Å². The molecule has 0 aromatic carbocycles. The molecule has 1 amide bonds. The second kappa shape index (κ2) is 4.87. The van der Waals surface area contributed by atoms with Crippen LogP contribution in [-0.4, -0.2) is 35.1 Å². The molecule has 6 nitrogen and oxygen atoms in total. The summed E-state index contributed by atoms with van der Waals surface area (Å²) in [5.41, 5.74) is 6.52. The minimum Gasteiger partial charge on any atom is -0.481 e. The maximum Gasteiger partial charge on any atom is 0.308 e. The lowest BCUT2D eigenvalue weighted by Gasteiger charge is -2.20. The predicted molar refractivity (Wildman–Crippen MR) is 70.0 cm³/mol. The number of aliphatic carboxylic acids is 1. The fraction of sp³-hybridized carbons (Fsp3) is 0.462. The van der Waals surface area contributed by atoms with E-state index in [0.717, 1.165) is 5.56 Å². The number of nitrogens with two attached hydrogens (primary N) is 1. The number of carbonyl (C=O) groups is 2. The Morgan fingerprint density at radius 2 is 2.16 bits per heavy atom. The van der Waals surface area contributed by atoms with Gasteiger partial charge in [-0.1, -0.05) is 6.92 Å². The van der Waals surface area contributed by atoms with E-state index in [1.165, 1.54) is 0 Å². The van der Waals surface area contributed by atoms with Gasteiger partial charge in [-0.05, 0) is 24.5 Å². The van der Waals surface area contributed by atoms with Crippen LogP contribution < -0.4 is 10.6 Å². The first-order valence-electron chi connectivity index (χ1n) is 6.15. The molecule has 2 rings (SSSR count). The highest BCUT2D eigenvalue weighted by atomic mass is 16.4. The van der Waals surface area contributed by atoms with Crippen molar-refractivity contribution < 1.29 is 14.7 Å². The summed E-state index contributed by atoms with van der Waals surface area (Å²) in [4.78, 5) is 28.7. The first-order chi connectivity index (χ1) is 8.91. The molecule has 0 bridgehead atoms. The van der Waals surface area contributed by atoms with E-state index in [4.69, 9.17) is 10.8 Å². The predicted octanol–water partition coefficient (Wildman–Crippen LogP) is 0.646. The third-order valence-electron chi connectivity index (χ3n) is 3.61. The molecule has 2 heterocycles. The monoisotopic (exact) mass is 263 g/mol. The van der Waals surface area contributed by atoms with Gasteiger partial charge in [-0.3, -0.25) is 9.59 Å². The van der Waals surface area contributed by atoms with Gasteiger partial charge in [0.05, 0.1) is 11.5 Å². The summed E-state index contributed by atoms with van der Waals surface area (Å²) >= 11 is 0. The zero-order valence-corrected chi connectivity index (χ0v) is 11.0. The van der Waals surface area contributed by atoms with E-state index in [2.05, 4.69) is 4.98 Å². The number of aryl methyl sites for hydroxylation is 1. The number of rotatable bonds is 3. The molecular weight excluding hydrogens is 246 g/mol. The lowest BCUT2D eigenvalue weighted by molar-refractivity contribution is -0.142. The van der Waals surface area contributed by atoms with Crippen LogP contribution >= 0.6 is 0 Å². The standard InChI is InChI=1S/C13H17N3O3/c1-7-3-4-15-12(10(7)11(14)17)16-5-8(2)9(6-16)13(18)19/h3-4,8-9H,5-6H2,1-2H3,(H2,14,17)(H,18,19). The van der Waals surface area contributed by atoms with Crippen LogP contribution in [-0.2, 0) is 4.79 Å². The number of hydrogen-bond acceptors (Lipinski definition) is 4. The highest BCUT2D eigenvalue weighted by Gasteiger charge is 2.36. The molecule has 1 aliphatic rings. The molecule has 1 aliphatic heterocycles. The summed E-state index contributed by atoms with van der Waals surface area (Å²) in [5, 5.41) is 9.14. The summed E-state index contributed by atoms with van der Waals surface area (Å²) in [6.07, 6.45) is 1.61. The smallest absolute Gasteiger partial charge is 0.308 e. The summed E-state index contributed by atoms with van der Waals surface area (Å²) in [5.74, 6) is -1.29. The van der Waals surface area contributed by atoms with Crippen molar-refractivity contribution in [2.75, 3.05) is 18.0 Å². The van der Waals surface area contributed by atoms with Crippen LogP contribution in [0.3, 0.4) is 0 Å². The Balaban J connectivity index is 2.37. The molecule has 6 heteroatoms. The molecule has 19 heavy (non-hydrogen) atoms. The summed E-state index contributed by atoms with van der Waals surface area (Å²) in [7, 11) is 0. The van der Waals surface area contributed by atoms with E-state index in [-0.39, 0.29) is 5.92 Å². The highest BCUT2D eigenvalue weighted by Crippen LogP contribution is 2.30. The van der Waals surface area contributed by atoms with Crippen molar-refractivity contribution in [2.24, 2.45) is 17.6 Å². The van der Waals surface area contributed by atoms with Crippen molar-refractivity contribution in [1.82, 2.24) is 4.98 Å². The van der Waals surface area contributed by atoms with E-state index >= 15 is 0 Å². The van der Waals surface area contributed by atoms with E-state index in [9.17, 15) is 9.59 Å². The number of carboxylic acid groups (broad SMARTS) is 1. The van der Waals surface area contributed by atoms with Crippen molar-refractivity contribution in [3.8, 4) is 0 Å². The highest BCUT2D eigenvalue weighted by molar-refractivity contribution is 5.99. The third kappa shape index (κ3) is 2.38. The second-order valence-corrected chi connectivity index (χ2v) is 5.02. The van der Waals surface area contributed by atoms with Crippen LogP contribution in [0.2, 0.25) is 0 Å². The maximum absolute atomic E-state index is 11.5. The first kappa shape index (κ1) is 13.3. The Kier molecular flexibility index (Phi) is 3.42. The van der Waals surface area contributed by atoms with E-state index in [1.807, 2.05) is 11.8 Å². The van der Waals surface area contributed by atoms with Crippen molar-refractivity contribution in [3.05, 3.63) is 23.4 Å². The Bertz CT molecular complexity index is 530. The number of anilines is 1. The van der Waals surface area contributed by atoms with E-state index in [0.29, 0.717) is 24.5 Å². The number of carboxylic acids is 1. The molecule has 1 saturated heterocycles. The van der Waals surface area contributed by atoms with Crippen molar-refractivity contribution in [1.29, 1.82) is 0 Å². The Morgan fingerprint density at radius 3 is 2.68 bits per heavy atom. The number of primary amides is 1. The van der Waals surface area contributed by atoms with Gasteiger partial charge in [0.25, 0.3) is 5.91 Å². The first-order valence-corrected chi connectivity index (χ1v) is 6.15. The molecule has 0 saturated carbocycles. The van der Waals surface area contributed by atoms with Gasteiger partial charge in [0.2, 0.25) is 0 Å². The molecule has 0 spiro atoms. The van der Waals surface area contributed by atoms with Gasteiger partial charge in [-0.2, -0.15) is 0 Å². The van der Waals surface area contributed by atoms with Crippen molar-refractivity contribution in [3.63, 3.8) is 0 Å². The molecular formula is C13H17N3O3. The average molecular weight is 263 g/mol. The Hall–Kier alpha value is -2.11. The van der Waals surface area contributed by atoms with Crippen LogP contribution in [0.1, 0.15) is 22.8 Å². The molecule has 2 unspecified atom stereocenters. The maximum atomic E-state index is 11.5. The largest absolute Gasteiger partial charge is 0.481 e. The summed E-state index contributed by atoms with van der Waals surface area (Å²) in [6.45, 7) is 4.60. The molecule has 1 aromatic rings. The van der Waals surface area contributed by atoms with Gasteiger partial charge in [0.1, 0.15) is 5.82 Å². The second-order valence-electron chi connectivity index (χ2n) is 5.02. The van der Waals surface area contributed by atoms with Crippen LogP contribution in [0, 0.1) is 18.8 Å². The van der Waals surface area contributed by atoms with Crippen LogP contribution in [0.4, 0.5) is 5.82 Å². The minimum atomic E-state index is -0.816. The molecule has 1 aromatic heterocycles. The van der Waals surface area contributed by atoms with Crippen molar-refractivity contribution in [2.45, 2.75) is 13.8 Å². The number of pyridine rings is 1. The van der Waals surface area contributed by atoms with Gasteiger partial charge in [-0.15, -0.1) is 0 Å². The Labute approximate surface area is 111 Å². The minimum absolute atomic E-state index is 0.0144. The molecule has 3 N–H and O–H groups in total. The lowest BCUT2D eigenvalue weighted by Crippen LogP contribution is -2.27.